The molecular weight excluding hydrogens is 396 g/mol. The fraction of sp³-hybridized carbons (Fsp3) is 0.375. The Kier molecular flexibility index (Phi) is 4.68. The van der Waals surface area contributed by atoms with Gasteiger partial charge < -0.3 is 20.1 Å². The fourth-order valence-corrected chi connectivity index (χ4v) is 4.89. The Morgan fingerprint density at radius 3 is 2.23 bits per heavy atom. The van der Waals surface area contributed by atoms with Gasteiger partial charge in [-0.2, -0.15) is 0 Å². The third-order valence-electron chi connectivity index (χ3n) is 6.64. The minimum absolute atomic E-state index is 0.0565. The van der Waals surface area contributed by atoms with E-state index < -0.39 is 23.6 Å². The molecule has 2 aromatic carbocycles. The summed E-state index contributed by atoms with van der Waals surface area (Å²) in [6.07, 6.45) is 1.46. The van der Waals surface area contributed by atoms with Crippen molar-refractivity contribution in [3.8, 4) is 11.1 Å². The van der Waals surface area contributed by atoms with Crippen LogP contribution < -0.4 is 5.32 Å². The number of carbonyl (C=O) groups is 3. The third-order valence-corrected chi connectivity index (χ3v) is 6.64. The molecule has 0 aromatic heterocycles. The second kappa shape index (κ2) is 7.41. The van der Waals surface area contributed by atoms with Gasteiger partial charge in [0.2, 0.25) is 5.91 Å². The van der Waals surface area contributed by atoms with Crippen LogP contribution in [-0.2, 0) is 14.3 Å². The average Bonchev–Trinajstić information content (AvgIpc) is 3.25. The number of aliphatic carboxylic acids is 1. The first-order valence-electron chi connectivity index (χ1n) is 10.7. The van der Waals surface area contributed by atoms with E-state index in [1.54, 1.807) is 0 Å². The van der Waals surface area contributed by atoms with Gasteiger partial charge in [0.25, 0.3) is 0 Å². The normalized spacial score (nSPS) is 20.6. The highest BCUT2D eigenvalue weighted by Crippen LogP contribution is 2.44. The number of benzene rings is 2. The van der Waals surface area contributed by atoms with E-state index in [9.17, 15) is 19.5 Å². The van der Waals surface area contributed by atoms with Gasteiger partial charge in [-0.3, -0.25) is 4.79 Å². The van der Waals surface area contributed by atoms with Gasteiger partial charge in [0, 0.05) is 12.5 Å². The number of alkyl carbamates (subject to hydrolysis) is 1. The second-order valence-electron chi connectivity index (χ2n) is 8.53. The molecule has 0 radical (unpaired) electrons. The van der Waals surface area contributed by atoms with Crippen molar-refractivity contribution in [3.63, 3.8) is 0 Å². The Morgan fingerprint density at radius 2 is 1.65 bits per heavy atom. The molecule has 2 N–H and O–H groups in total. The first-order chi connectivity index (χ1) is 15.0. The molecular formula is C24H24N2O5. The molecule has 2 amide bonds. The van der Waals surface area contributed by atoms with E-state index in [0.717, 1.165) is 22.3 Å². The van der Waals surface area contributed by atoms with Crippen LogP contribution in [0.25, 0.3) is 11.1 Å². The second-order valence-corrected chi connectivity index (χ2v) is 8.53. The van der Waals surface area contributed by atoms with Crippen LogP contribution in [0.15, 0.2) is 48.5 Å². The number of rotatable bonds is 5. The first-order valence-corrected chi connectivity index (χ1v) is 10.7. The maximum atomic E-state index is 13.0. The Morgan fingerprint density at radius 1 is 1.03 bits per heavy atom. The smallest absolute Gasteiger partial charge is 0.408 e. The van der Waals surface area contributed by atoms with Gasteiger partial charge in [0.1, 0.15) is 18.2 Å². The maximum absolute atomic E-state index is 13.0. The number of likely N-dealkylation sites (tertiary alicyclic amines) is 1. The van der Waals surface area contributed by atoms with Crippen LogP contribution in [0.5, 0.6) is 0 Å². The number of carbonyl (C=O) groups excluding carboxylic acids is 2. The molecule has 2 fully saturated rings. The van der Waals surface area contributed by atoms with Crippen LogP contribution in [0.2, 0.25) is 0 Å². The SMILES string of the molecule is O=C(NC1(C(=O)N2CCCC2C(=O)O)CC1)OCC1c2ccccc2-c2ccccc21. The number of hydrogen-bond acceptors (Lipinski definition) is 4. The van der Waals surface area contributed by atoms with Crippen molar-refractivity contribution in [3.05, 3.63) is 59.7 Å². The summed E-state index contributed by atoms with van der Waals surface area (Å²) in [5.41, 5.74) is 3.51. The standard InChI is InChI=1S/C24H24N2O5/c27-21(28)20-10-5-13-26(20)22(29)24(11-12-24)25-23(30)31-14-19-17-8-3-1-6-15(17)16-7-2-4-9-18(16)19/h1-4,6-9,19-20H,5,10-14H2,(H,25,30)(H,27,28). The van der Waals surface area contributed by atoms with Gasteiger partial charge in [-0.25, -0.2) is 9.59 Å². The van der Waals surface area contributed by atoms with Crippen molar-refractivity contribution in [2.24, 2.45) is 0 Å². The van der Waals surface area contributed by atoms with Gasteiger partial charge in [-0.05, 0) is 47.9 Å². The zero-order valence-corrected chi connectivity index (χ0v) is 17.0. The Hall–Kier alpha value is -3.35. The number of carboxylic acids is 1. The molecule has 1 heterocycles. The van der Waals surface area contributed by atoms with E-state index in [1.165, 1.54) is 4.90 Å². The highest BCUT2D eigenvalue weighted by Gasteiger charge is 2.55. The van der Waals surface area contributed by atoms with Crippen LogP contribution in [0.3, 0.4) is 0 Å². The van der Waals surface area contributed by atoms with Crippen LogP contribution in [0.1, 0.15) is 42.7 Å². The zero-order chi connectivity index (χ0) is 21.6. The van der Waals surface area contributed by atoms with Crippen LogP contribution in [0.4, 0.5) is 4.79 Å². The lowest BCUT2D eigenvalue weighted by atomic mass is 9.98. The minimum atomic E-state index is -1.03. The zero-order valence-electron chi connectivity index (χ0n) is 17.0. The van der Waals surface area contributed by atoms with Gasteiger partial charge in [0.05, 0.1) is 0 Å². The summed E-state index contributed by atoms with van der Waals surface area (Å²) >= 11 is 0. The number of nitrogens with zero attached hydrogens (tertiary/aromatic N) is 1. The highest BCUT2D eigenvalue weighted by atomic mass is 16.5. The number of nitrogens with one attached hydrogen (secondary N) is 1. The quantitative estimate of drug-likeness (QED) is 0.775. The molecule has 1 saturated carbocycles. The lowest BCUT2D eigenvalue weighted by molar-refractivity contribution is -0.149. The van der Waals surface area contributed by atoms with Crippen molar-refractivity contribution < 1.29 is 24.2 Å². The largest absolute Gasteiger partial charge is 0.480 e. The number of amides is 2. The monoisotopic (exact) mass is 420 g/mol. The molecule has 1 unspecified atom stereocenters. The molecule has 3 aliphatic rings. The molecule has 7 heteroatoms. The lowest BCUT2D eigenvalue weighted by Gasteiger charge is -2.27. The van der Waals surface area contributed by atoms with E-state index in [-0.39, 0.29) is 18.4 Å². The summed E-state index contributed by atoms with van der Waals surface area (Å²) < 4.78 is 5.57. The minimum Gasteiger partial charge on any atom is -0.480 e. The van der Waals surface area contributed by atoms with Crippen LogP contribution in [-0.4, -0.2) is 52.7 Å². The predicted molar refractivity (Wildman–Crippen MR) is 113 cm³/mol. The van der Waals surface area contributed by atoms with Crippen molar-refractivity contribution in [1.29, 1.82) is 0 Å². The molecule has 1 aliphatic heterocycles. The van der Waals surface area contributed by atoms with Crippen LogP contribution >= 0.6 is 0 Å². The summed E-state index contributed by atoms with van der Waals surface area (Å²) in [7, 11) is 0. The number of fused-ring (bicyclic) bond motifs is 3. The summed E-state index contributed by atoms with van der Waals surface area (Å²) in [6.45, 7) is 0.579. The lowest BCUT2D eigenvalue weighted by Crippen LogP contribution is -2.53. The first kappa shape index (κ1) is 19.6. The van der Waals surface area contributed by atoms with E-state index in [2.05, 4.69) is 17.4 Å². The molecule has 1 atom stereocenters. The molecule has 2 aromatic rings. The maximum Gasteiger partial charge on any atom is 0.408 e. The Labute approximate surface area is 180 Å². The summed E-state index contributed by atoms with van der Waals surface area (Å²) in [6, 6.07) is 15.4. The Bertz CT molecular complexity index is 1020. The van der Waals surface area contributed by atoms with Crippen molar-refractivity contribution in [1.82, 2.24) is 10.2 Å². The van der Waals surface area contributed by atoms with Gasteiger partial charge in [0.15, 0.2) is 0 Å². The summed E-state index contributed by atoms with van der Waals surface area (Å²) in [5.74, 6) is -1.37. The molecule has 5 rings (SSSR count). The molecule has 0 bridgehead atoms. The number of ether oxygens (including phenoxy) is 1. The van der Waals surface area contributed by atoms with Crippen LogP contribution in [0, 0.1) is 0 Å². The van der Waals surface area contributed by atoms with E-state index in [1.807, 2.05) is 36.4 Å². The molecule has 0 spiro atoms. The van der Waals surface area contributed by atoms with Crippen molar-refractivity contribution in [2.75, 3.05) is 13.2 Å². The van der Waals surface area contributed by atoms with Crippen molar-refractivity contribution in [2.45, 2.75) is 43.2 Å². The van der Waals surface area contributed by atoms with E-state index >= 15 is 0 Å². The molecule has 2 aliphatic carbocycles. The number of hydrogen-bond donors (Lipinski definition) is 2. The van der Waals surface area contributed by atoms with Gasteiger partial charge in [-0.1, -0.05) is 48.5 Å². The molecule has 1 saturated heterocycles. The number of carboxylic acid groups (broad SMARTS) is 1. The molecule has 160 valence electrons. The highest BCUT2D eigenvalue weighted by molar-refractivity contribution is 5.95. The molecule has 31 heavy (non-hydrogen) atoms. The Balaban J connectivity index is 1.26. The van der Waals surface area contributed by atoms with Crippen molar-refractivity contribution >= 4 is 18.0 Å². The summed E-state index contributed by atoms with van der Waals surface area (Å²) in [5, 5.41) is 12.1. The predicted octanol–water partition coefficient (Wildman–Crippen LogP) is 3.13. The van der Waals surface area contributed by atoms with E-state index in [4.69, 9.17) is 4.74 Å². The average molecular weight is 420 g/mol. The van der Waals surface area contributed by atoms with E-state index in [0.29, 0.717) is 32.2 Å². The topological polar surface area (TPSA) is 95.9 Å². The van der Waals surface area contributed by atoms with Gasteiger partial charge in [-0.15, -0.1) is 0 Å². The third kappa shape index (κ3) is 3.34. The fourth-order valence-electron chi connectivity index (χ4n) is 4.89. The summed E-state index contributed by atoms with van der Waals surface area (Å²) in [4.78, 5) is 38.4. The van der Waals surface area contributed by atoms with Gasteiger partial charge >= 0.3 is 12.1 Å². The molecule has 7 nitrogen and oxygen atoms in total.